The molecule has 1 aromatic carbocycles. The molecule has 0 bridgehead atoms. The molecule has 0 spiro atoms. The monoisotopic (exact) mass is 471 g/mol. The minimum absolute atomic E-state index is 0.217. The lowest BCUT2D eigenvalue weighted by molar-refractivity contribution is -0.903. The number of hydrogen-bond acceptors (Lipinski definition) is 5. The van der Waals surface area contributed by atoms with Crippen molar-refractivity contribution in [2.75, 3.05) is 32.7 Å². The average molecular weight is 472 g/mol. The number of aliphatic imine (C=N–C) groups is 1. The summed E-state index contributed by atoms with van der Waals surface area (Å²) >= 11 is 4.84. The average Bonchev–Trinajstić information content (AvgIpc) is 3.35. The third-order valence-corrected chi connectivity index (χ3v) is 6.54. The summed E-state index contributed by atoms with van der Waals surface area (Å²) in [6.45, 7) is 4.50. The number of furan rings is 1. The number of nitrogens with zero attached hydrogens (tertiary/aromatic N) is 3. The van der Waals surface area contributed by atoms with Crippen LogP contribution in [0, 0.1) is 11.3 Å². The Labute approximate surface area is 182 Å². The summed E-state index contributed by atoms with van der Waals surface area (Å²) in [4.78, 5) is 20.8. The van der Waals surface area contributed by atoms with Crippen molar-refractivity contribution < 1.29 is 14.1 Å². The van der Waals surface area contributed by atoms with E-state index in [1.807, 2.05) is 36.4 Å². The van der Waals surface area contributed by atoms with Crippen molar-refractivity contribution in [3.63, 3.8) is 0 Å². The predicted molar refractivity (Wildman–Crippen MR) is 117 cm³/mol. The Kier molecular flexibility index (Phi) is 6.19. The van der Waals surface area contributed by atoms with Gasteiger partial charge in [0.25, 0.3) is 5.91 Å². The highest BCUT2D eigenvalue weighted by molar-refractivity contribution is 9.10. The Morgan fingerprint density at radius 2 is 2.00 bits per heavy atom. The van der Waals surface area contributed by atoms with Crippen molar-refractivity contribution in [2.45, 2.75) is 6.42 Å². The molecular weight excluding hydrogens is 452 g/mol. The van der Waals surface area contributed by atoms with Gasteiger partial charge in [-0.3, -0.25) is 4.79 Å². The molecule has 1 fully saturated rings. The fourth-order valence-corrected chi connectivity index (χ4v) is 4.57. The lowest BCUT2D eigenvalue weighted by Crippen LogP contribution is -3.14. The second-order valence-electron chi connectivity index (χ2n) is 6.91. The molecule has 0 atom stereocenters. The molecule has 2 aromatic rings. The highest BCUT2D eigenvalue weighted by Gasteiger charge is 2.29. The predicted octanol–water partition coefficient (Wildman–Crippen LogP) is 2.79. The largest absolute Gasteiger partial charge is 0.457 e. The topological polar surface area (TPSA) is 74.0 Å². The van der Waals surface area contributed by atoms with Gasteiger partial charge in [-0.15, -0.1) is 0 Å². The fourth-order valence-electron chi connectivity index (χ4n) is 3.36. The van der Waals surface area contributed by atoms with Gasteiger partial charge < -0.3 is 14.2 Å². The molecule has 8 heteroatoms. The summed E-state index contributed by atoms with van der Waals surface area (Å²) in [7, 11) is 0. The molecule has 2 aliphatic heterocycles. The summed E-state index contributed by atoms with van der Waals surface area (Å²) < 4.78 is 6.91. The zero-order chi connectivity index (χ0) is 20.2. The molecular formula is C21H20BrN4O2S+. The normalized spacial score (nSPS) is 18.9. The molecule has 4 rings (SSSR count). The first kappa shape index (κ1) is 20.0. The molecule has 0 unspecified atom stereocenters. The number of nitrogens with one attached hydrogen (secondary N) is 1. The molecule has 148 valence electrons. The van der Waals surface area contributed by atoms with E-state index in [9.17, 15) is 4.79 Å². The van der Waals surface area contributed by atoms with Gasteiger partial charge in [-0.2, -0.15) is 10.3 Å². The molecule has 0 radical (unpaired) electrons. The van der Waals surface area contributed by atoms with Crippen LogP contribution >= 0.6 is 27.7 Å². The van der Waals surface area contributed by atoms with E-state index >= 15 is 0 Å². The Morgan fingerprint density at radius 3 is 2.72 bits per heavy atom. The van der Waals surface area contributed by atoms with Crippen LogP contribution < -0.4 is 4.90 Å². The van der Waals surface area contributed by atoms with Gasteiger partial charge in [-0.1, -0.05) is 28.1 Å². The summed E-state index contributed by atoms with van der Waals surface area (Å²) in [6, 6.07) is 13.9. The van der Waals surface area contributed by atoms with E-state index in [1.165, 1.54) is 16.7 Å². The Hall–Kier alpha value is -2.34. The standard InChI is InChI=1S/C21H19BrN4O2S/c22-16-4-2-15(3-5-16)18-7-6-17(28-18)14-19-20(27)24-21(29-19)26-12-10-25(11-13-26)9-1-8-23/h2-7,14H,1,9-13H2/p+1/b19-14+. The van der Waals surface area contributed by atoms with E-state index in [0.29, 0.717) is 17.1 Å². The highest BCUT2D eigenvalue weighted by atomic mass is 79.9. The highest BCUT2D eigenvalue weighted by Crippen LogP contribution is 2.32. The number of amidine groups is 1. The van der Waals surface area contributed by atoms with Crippen LogP contribution in [0.5, 0.6) is 0 Å². The number of halogens is 1. The lowest BCUT2D eigenvalue weighted by Gasteiger charge is -2.32. The van der Waals surface area contributed by atoms with E-state index in [2.05, 4.69) is 31.9 Å². The molecule has 29 heavy (non-hydrogen) atoms. The van der Waals surface area contributed by atoms with Crippen LogP contribution in [-0.2, 0) is 4.79 Å². The number of benzene rings is 1. The van der Waals surface area contributed by atoms with Crippen LogP contribution in [0.4, 0.5) is 0 Å². The number of piperazine rings is 1. The molecule has 1 aromatic heterocycles. The summed E-state index contributed by atoms with van der Waals surface area (Å²) in [6.07, 6.45) is 2.35. The van der Waals surface area contributed by atoms with Gasteiger partial charge in [0.2, 0.25) is 0 Å². The van der Waals surface area contributed by atoms with Crippen LogP contribution in [0.3, 0.4) is 0 Å². The number of nitriles is 1. The number of quaternary nitrogens is 1. The molecule has 3 heterocycles. The first-order valence-corrected chi connectivity index (χ1v) is 11.1. The van der Waals surface area contributed by atoms with E-state index in [1.54, 1.807) is 6.08 Å². The van der Waals surface area contributed by atoms with Crippen molar-refractivity contribution >= 4 is 44.8 Å². The number of carbonyl (C=O) groups excluding carboxylic acids is 1. The SMILES string of the molecule is N#CCC[NH+]1CCN(C2=NC(=O)/C(=C\c3ccc(-c4ccc(Br)cc4)o3)S2)CC1. The van der Waals surface area contributed by atoms with Crippen molar-refractivity contribution in [3.8, 4) is 17.4 Å². The first-order chi connectivity index (χ1) is 14.1. The van der Waals surface area contributed by atoms with Gasteiger partial charge in [0, 0.05) is 16.1 Å². The molecule has 0 aliphatic carbocycles. The molecule has 1 N–H and O–H groups in total. The number of thioether (sulfide) groups is 1. The maximum absolute atomic E-state index is 12.4. The molecule has 2 aliphatic rings. The third-order valence-electron chi connectivity index (χ3n) is 4.97. The Balaban J connectivity index is 1.39. The van der Waals surface area contributed by atoms with Gasteiger partial charge in [0.1, 0.15) is 11.5 Å². The zero-order valence-electron chi connectivity index (χ0n) is 15.7. The van der Waals surface area contributed by atoms with Gasteiger partial charge in [-0.05, 0) is 36.0 Å². The van der Waals surface area contributed by atoms with Crippen LogP contribution in [0.2, 0.25) is 0 Å². The second kappa shape index (κ2) is 8.99. The third kappa shape index (κ3) is 4.81. The van der Waals surface area contributed by atoms with E-state index in [0.717, 1.165) is 53.7 Å². The number of hydrogen-bond donors (Lipinski definition) is 1. The van der Waals surface area contributed by atoms with Crippen molar-refractivity contribution in [1.29, 1.82) is 5.26 Å². The van der Waals surface area contributed by atoms with Crippen LogP contribution in [0.1, 0.15) is 12.2 Å². The maximum atomic E-state index is 12.4. The van der Waals surface area contributed by atoms with E-state index < -0.39 is 0 Å². The molecule has 0 saturated carbocycles. The summed E-state index contributed by atoms with van der Waals surface area (Å²) in [5.41, 5.74) is 0.983. The first-order valence-electron chi connectivity index (χ1n) is 9.46. The van der Waals surface area contributed by atoms with Crippen LogP contribution in [0.15, 0.2) is 55.2 Å². The van der Waals surface area contributed by atoms with E-state index in [4.69, 9.17) is 9.68 Å². The van der Waals surface area contributed by atoms with E-state index in [-0.39, 0.29) is 5.91 Å². The lowest BCUT2D eigenvalue weighted by atomic mass is 10.2. The maximum Gasteiger partial charge on any atom is 0.286 e. The Bertz CT molecular complexity index is 998. The van der Waals surface area contributed by atoms with Gasteiger partial charge in [0.05, 0.1) is 50.1 Å². The summed E-state index contributed by atoms with van der Waals surface area (Å²) in [5.74, 6) is 1.18. The zero-order valence-corrected chi connectivity index (χ0v) is 18.1. The van der Waals surface area contributed by atoms with Crippen molar-refractivity contribution in [1.82, 2.24) is 4.90 Å². The molecule has 1 amide bonds. The molecule has 1 saturated heterocycles. The van der Waals surface area contributed by atoms with Crippen molar-refractivity contribution in [3.05, 3.63) is 51.5 Å². The van der Waals surface area contributed by atoms with Gasteiger partial charge in [-0.25, -0.2) is 0 Å². The Morgan fingerprint density at radius 1 is 1.24 bits per heavy atom. The quantitative estimate of drug-likeness (QED) is 0.693. The number of rotatable bonds is 4. The minimum atomic E-state index is -0.217. The summed E-state index contributed by atoms with van der Waals surface area (Å²) in [5, 5.41) is 9.49. The van der Waals surface area contributed by atoms with Crippen molar-refractivity contribution in [2.24, 2.45) is 4.99 Å². The number of carbonyl (C=O) groups is 1. The van der Waals surface area contributed by atoms with Gasteiger partial charge in [0.15, 0.2) is 5.17 Å². The smallest absolute Gasteiger partial charge is 0.286 e. The van der Waals surface area contributed by atoms with Crippen LogP contribution in [-0.4, -0.2) is 48.7 Å². The second-order valence-corrected chi connectivity index (χ2v) is 8.84. The number of amides is 1. The van der Waals surface area contributed by atoms with Gasteiger partial charge >= 0.3 is 0 Å². The van der Waals surface area contributed by atoms with Crippen LogP contribution in [0.25, 0.3) is 17.4 Å². The fraction of sp³-hybridized carbons (Fsp3) is 0.286. The minimum Gasteiger partial charge on any atom is -0.457 e. The molecule has 6 nitrogen and oxygen atoms in total.